The van der Waals surface area contributed by atoms with E-state index in [1.807, 2.05) is 66.7 Å². The number of benzene rings is 3. The van der Waals surface area contributed by atoms with Crippen LogP contribution >= 0.6 is 0 Å². The first-order valence-electron chi connectivity index (χ1n) is 12.5. The van der Waals surface area contributed by atoms with E-state index in [1.165, 1.54) is 0 Å². The summed E-state index contributed by atoms with van der Waals surface area (Å²) >= 11 is 0. The highest BCUT2D eigenvalue weighted by Gasteiger charge is 2.14. The number of hydrogen-bond donors (Lipinski definition) is 2. The summed E-state index contributed by atoms with van der Waals surface area (Å²) in [5.74, 6) is -0.181. The predicted octanol–water partition coefficient (Wildman–Crippen LogP) is 6.02. The summed E-state index contributed by atoms with van der Waals surface area (Å²) in [5.41, 5.74) is 4.41. The Morgan fingerprint density at radius 2 is 1.64 bits per heavy atom. The Morgan fingerprint density at radius 1 is 0.889 bits per heavy atom. The summed E-state index contributed by atoms with van der Waals surface area (Å²) in [5, 5.41) is 11.3. The molecular formula is C30H32N4O2. The predicted molar refractivity (Wildman–Crippen MR) is 147 cm³/mol. The maximum absolute atomic E-state index is 13.2. The first kappa shape index (κ1) is 25.1. The molecule has 0 saturated carbocycles. The smallest absolute Gasteiger partial charge is 0.238 e. The largest absolute Gasteiger partial charge is 0.325 e. The van der Waals surface area contributed by atoms with Gasteiger partial charge in [-0.25, -0.2) is 0 Å². The first-order valence-corrected chi connectivity index (χ1v) is 12.5. The van der Waals surface area contributed by atoms with Crippen molar-refractivity contribution >= 4 is 40.4 Å². The van der Waals surface area contributed by atoms with Crippen molar-refractivity contribution in [2.75, 3.05) is 25.0 Å². The summed E-state index contributed by atoms with van der Waals surface area (Å²) in [6, 6.07) is 22.7. The molecule has 3 aromatic carbocycles. The number of nitrogens with one attached hydrogen (secondary N) is 2. The zero-order chi connectivity index (χ0) is 25.3. The Hall–Kier alpha value is -4.03. The van der Waals surface area contributed by atoms with Gasteiger partial charge in [0.05, 0.1) is 17.8 Å². The summed E-state index contributed by atoms with van der Waals surface area (Å²) in [6.45, 7) is 6.34. The van der Waals surface area contributed by atoms with Gasteiger partial charge in [-0.3, -0.25) is 19.6 Å². The van der Waals surface area contributed by atoms with Gasteiger partial charge in [0.25, 0.3) is 0 Å². The van der Waals surface area contributed by atoms with Crippen molar-refractivity contribution < 1.29 is 9.59 Å². The molecule has 0 atom stereocenters. The number of H-pyrrole nitrogens is 1. The molecule has 0 unspecified atom stereocenters. The normalized spacial score (nSPS) is 11.4. The number of hydrogen-bond acceptors (Lipinski definition) is 4. The van der Waals surface area contributed by atoms with Gasteiger partial charge in [0.1, 0.15) is 0 Å². The molecule has 0 fully saturated rings. The van der Waals surface area contributed by atoms with Crippen LogP contribution in [0.3, 0.4) is 0 Å². The van der Waals surface area contributed by atoms with E-state index in [0.717, 1.165) is 48.1 Å². The molecule has 0 aliphatic rings. The molecule has 1 heterocycles. The number of fused-ring (bicyclic) bond motifs is 1. The number of carbonyl (C=O) groups is 2. The van der Waals surface area contributed by atoms with E-state index in [4.69, 9.17) is 0 Å². The fourth-order valence-corrected chi connectivity index (χ4v) is 4.26. The zero-order valence-electron chi connectivity index (χ0n) is 20.8. The van der Waals surface area contributed by atoms with Gasteiger partial charge >= 0.3 is 0 Å². The molecule has 0 bridgehead atoms. The van der Waals surface area contributed by atoms with Crippen LogP contribution in [-0.4, -0.2) is 46.4 Å². The van der Waals surface area contributed by atoms with E-state index < -0.39 is 0 Å². The SMILES string of the molecule is CCCN(CCC)CC(=O)Nc1cccc(C(=O)c2ccc3c(/C=C/c4ccccc4)n[nH]c3c2)c1. The second-order valence-electron chi connectivity index (χ2n) is 8.85. The van der Waals surface area contributed by atoms with Crippen molar-refractivity contribution in [3.05, 3.63) is 95.2 Å². The van der Waals surface area contributed by atoms with Crippen molar-refractivity contribution in [3.63, 3.8) is 0 Å². The average molecular weight is 481 g/mol. The van der Waals surface area contributed by atoms with Crippen LogP contribution in [0.1, 0.15) is 53.9 Å². The lowest BCUT2D eigenvalue weighted by molar-refractivity contribution is -0.117. The minimum Gasteiger partial charge on any atom is -0.325 e. The second kappa shape index (κ2) is 12.1. The summed E-state index contributed by atoms with van der Waals surface area (Å²) < 4.78 is 0. The Balaban J connectivity index is 1.47. The van der Waals surface area contributed by atoms with Crippen LogP contribution in [-0.2, 0) is 4.79 Å². The maximum Gasteiger partial charge on any atom is 0.238 e. The Labute approximate surface area is 212 Å². The van der Waals surface area contributed by atoms with Gasteiger partial charge in [-0.2, -0.15) is 5.10 Å². The molecule has 2 N–H and O–H groups in total. The third-order valence-corrected chi connectivity index (χ3v) is 5.94. The molecule has 184 valence electrons. The molecular weight excluding hydrogens is 448 g/mol. The Bertz CT molecular complexity index is 1350. The van der Waals surface area contributed by atoms with Crippen LogP contribution in [0.2, 0.25) is 0 Å². The molecule has 1 aromatic heterocycles. The third kappa shape index (κ3) is 6.34. The molecule has 6 heteroatoms. The van der Waals surface area contributed by atoms with Crippen molar-refractivity contribution in [1.82, 2.24) is 15.1 Å². The van der Waals surface area contributed by atoms with Gasteiger partial charge in [-0.05, 0) is 61.8 Å². The number of nitrogens with zero attached hydrogens (tertiary/aromatic N) is 2. The molecule has 36 heavy (non-hydrogen) atoms. The van der Waals surface area contributed by atoms with Crippen LogP contribution < -0.4 is 5.32 Å². The molecule has 0 aliphatic heterocycles. The lowest BCUT2D eigenvalue weighted by Crippen LogP contribution is -2.34. The fourth-order valence-electron chi connectivity index (χ4n) is 4.26. The molecule has 0 radical (unpaired) electrons. The third-order valence-electron chi connectivity index (χ3n) is 5.94. The zero-order valence-corrected chi connectivity index (χ0v) is 20.8. The average Bonchev–Trinajstić information content (AvgIpc) is 3.30. The van der Waals surface area contributed by atoms with Gasteiger partial charge < -0.3 is 5.32 Å². The quantitative estimate of drug-likeness (QED) is 0.257. The number of anilines is 1. The standard InChI is InChI=1S/C30H32N4O2/c1-3-17-34(18-4-2)21-29(35)31-25-12-8-11-23(19-25)30(36)24-14-15-26-27(32-33-28(26)20-24)16-13-22-9-6-5-7-10-22/h5-16,19-20H,3-4,17-18,21H2,1-2H3,(H,31,35)(H,32,33)/b16-13+. The van der Waals surface area contributed by atoms with Crippen molar-refractivity contribution in [3.8, 4) is 0 Å². The van der Waals surface area contributed by atoms with Gasteiger partial charge in [0.2, 0.25) is 5.91 Å². The number of carbonyl (C=O) groups excluding carboxylic acids is 2. The van der Waals surface area contributed by atoms with E-state index in [1.54, 1.807) is 18.2 Å². The number of amides is 1. The highest BCUT2D eigenvalue weighted by molar-refractivity contribution is 6.11. The number of aromatic nitrogens is 2. The molecule has 1 amide bonds. The number of ketones is 1. The highest BCUT2D eigenvalue weighted by Crippen LogP contribution is 2.22. The van der Waals surface area contributed by atoms with Crippen molar-refractivity contribution in [2.45, 2.75) is 26.7 Å². The van der Waals surface area contributed by atoms with Crippen LogP contribution in [0.5, 0.6) is 0 Å². The minimum atomic E-state index is -0.109. The molecule has 4 rings (SSSR count). The Morgan fingerprint density at radius 3 is 2.39 bits per heavy atom. The monoisotopic (exact) mass is 480 g/mol. The van der Waals surface area contributed by atoms with E-state index in [9.17, 15) is 9.59 Å². The molecule has 0 spiro atoms. The molecule has 4 aromatic rings. The van der Waals surface area contributed by atoms with Crippen molar-refractivity contribution in [2.24, 2.45) is 0 Å². The van der Waals surface area contributed by atoms with Crippen LogP contribution in [0, 0.1) is 0 Å². The van der Waals surface area contributed by atoms with E-state index >= 15 is 0 Å². The van der Waals surface area contributed by atoms with Crippen molar-refractivity contribution in [1.29, 1.82) is 0 Å². The minimum absolute atomic E-state index is 0.0727. The van der Waals surface area contributed by atoms with Crippen LogP contribution in [0.15, 0.2) is 72.8 Å². The summed E-state index contributed by atoms with van der Waals surface area (Å²) in [7, 11) is 0. The van der Waals surface area contributed by atoms with E-state index in [-0.39, 0.29) is 11.7 Å². The van der Waals surface area contributed by atoms with Gasteiger partial charge in [0.15, 0.2) is 5.78 Å². The van der Waals surface area contributed by atoms with E-state index in [0.29, 0.717) is 23.4 Å². The number of rotatable bonds is 11. The molecule has 0 aliphatic carbocycles. The summed E-state index contributed by atoms with van der Waals surface area (Å²) in [6.07, 6.45) is 5.98. The molecule has 0 saturated heterocycles. The lowest BCUT2D eigenvalue weighted by atomic mass is 10.0. The highest BCUT2D eigenvalue weighted by atomic mass is 16.2. The van der Waals surface area contributed by atoms with Crippen LogP contribution in [0.25, 0.3) is 23.1 Å². The van der Waals surface area contributed by atoms with Gasteiger partial charge in [-0.1, -0.05) is 68.5 Å². The second-order valence-corrected chi connectivity index (χ2v) is 8.85. The molecule has 6 nitrogen and oxygen atoms in total. The van der Waals surface area contributed by atoms with Gasteiger partial charge in [-0.15, -0.1) is 0 Å². The number of aromatic amines is 1. The summed E-state index contributed by atoms with van der Waals surface area (Å²) in [4.78, 5) is 27.9. The maximum atomic E-state index is 13.2. The fraction of sp³-hybridized carbons (Fsp3) is 0.233. The van der Waals surface area contributed by atoms with Crippen LogP contribution in [0.4, 0.5) is 5.69 Å². The van der Waals surface area contributed by atoms with E-state index in [2.05, 4.69) is 34.3 Å². The van der Waals surface area contributed by atoms with Gasteiger partial charge in [0, 0.05) is 22.2 Å². The first-order chi connectivity index (χ1) is 17.6. The Kier molecular flexibility index (Phi) is 8.42. The topological polar surface area (TPSA) is 78.1 Å². The lowest BCUT2D eigenvalue weighted by Gasteiger charge is -2.20.